The highest BCUT2D eigenvalue weighted by molar-refractivity contribution is 6.35. The van der Waals surface area contributed by atoms with Gasteiger partial charge >= 0.3 is 6.18 Å². The molecule has 0 aromatic heterocycles. The van der Waals surface area contributed by atoms with Gasteiger partial charge in [-0.2, -0.15) is 13.2 Å². The second kappa shape index (κ2) is 8.78. The average Bonchev–Trinajstić information content (AvgIpc) is 2.45. The first-order chi connectivity index (χ1) is 10.4. The molecule has 0 aliphatic rings. The van der Waals surface area contributed by atoms with Crippen molar-refractivity contribution < 1.29 is 13.2 Å². The monoisotopic (exact) mass is 383 g/mol. The molecule has 126 valence electrons. The van der Waals surface area contributed by atoms with Crippen LogP contribution in [0.5, 0.6) is 0 Å². The Balaban J connectivity index is 0.00000264. The second-order valence-electron chi connectivity index (χ2n) is 4.82. The van der Waals surface area contributed by atoms with Crippen molar-refractivity contribution in [2.24, 2.45) is 0 Å². The van der Waals surface area contributed by atoms with E-state index in [1.54, 1.807) is 18.2 Å². The van der Waals surface area contributed by atoms with E-state index in [1.807, 2.05) is 6.07 Å². The van der Waals surface area contributed by atoms with Gasteiger partial charge in [-0.05, 0) is 42.3 Å². The highest BCUT2D eigenvalue weighted by atomic mass is 35.5. The summed E-state index contributed by atoms with van der Waals surface area (Å²) in [4.78, 5) is 0. The largest absolute Gasteiger partial charge is 0.416 e. The van der Waals surface area contributed by atoms with Crippen LogP contribution in [0, 0.1) is 0 Å². The zero-order valence-corrected chi connectivity index (χ0v) is 14.3. The van der Waals surface area contributed by atoms with Crippen molar-refractivity contribution in [1.82, 2.24) is 5.32 Å². The Kier molecular flexibility index (Phi) is 7.68. The van der Waals surface area contributed by atoms with Crippen molar-refractivity contribution >= 4 is 35.6 Å². The predicted octanol–water partition coefficient (Wildman–Crippen LogP) is 5.77. The Morgan fingerprint density at radius 3 is 2.30 bits per heavy atom. The maximum Gasteiger partial charge on any atom is 0.416 e. The zero-order valence-electron chi connectivity index (χ0n) is 12.0. The van der Waals surface area contributed by atoms with Gasteiger partial charge in [0.1, 0.15) is 0 Å². The van der Waals surface area contributed by atoms with Crippen molar-refractivity contribution in [3.63, 3.8) is 0 Å². The van der Waals surface area contributed by atoms with Crippen molar-refractivity contribution in [3.05, 3.63) is 69.2 Å². The summed E-state index contributed by atoms with van der Waals surface area (Å²) in [6, 6.07) is 10.8. The van der Waals surface area contributed by atoms with E-state index in [2.05, 4.69) is 5.32 Å². The van der Waals surface area contributed by atoms with Crippen LogP contribution in [0.25, 0.3) is 0 Å². The fourth-order valence-corrected chi connectivity index (χ4v) is 2.62. The molecule has 1 nitrogen and oxygen atoms in total. The molecule has 0 bridgehead atoms. The first-order valence-corrected chi connectivity index (χ1v) is 7.43. The molecule has 0 heterocycles. The fraction of sp³-hybridized carbons (Fsp3) is 0.250. The smallest absolute Gasteiger partial charge is 0.312 e. The van der Waals surface area contributed by atoms with Gasteiger partial charge in [0.2, 0.25) is 0 Å². The molecule has 0 unspecified atom stereocenters. The lowest BCUT2D eigenvalue weighted by Crippen LogP contribution is -2.19. The fourth-order valence-electron chi connectivity index (χ4n) is 2.12. The van der Waals surface area contributed by atoms with E-state index in [0.717, 1.165) is 11.6 Å². The van der Waals surface area contributed by atoms with Crippen LogP contribution in [0.15, 0.2) is 42.5 Å². The number of rotatable bonds is 5. The van der Waals surface area contributed by atoms with Crippen LogP contribution in [-0.2, 0) is 19.1 Å². The van der Waals surface area contributed by atoms with E-state index in [1.165, 1.54) is 12.1 Å². The second-order valence-corrected chi connectivity index (χ2v) is 5.66. The minimum absolute atomic E-state index is 0. The Morgan fingerprint density at radius 1 is 0.957 bits per heavy atom. The minimum Gasteiger partial charge on any atom is -0.312 e. The van der Waals surface area contributed by atoms with Gasteiger partial charge in [-0.3, -0.25) is 0 Å². The summed E-state index contributed by atoms with van der Waals surface area (Å²) < 4.78 is 38.6. The molecule has 1 N–H and O–H groups in total. The number of benzene rings is 2. The quantitative estimate of drug-likeness (QED) is 0.646. The molecule has 23 heavy (non-hydrogen) atoms. The van der Waals surface area contributed by atoms with Crippen molar-refractivity contribution in [3.8, 4) is 0 Å². The molecule has 0 aliphatic heterocycles. The van der Waals surface area contributed by atoms with E-state index >= 15 is 0 Å². The summed E-state index contributed by atoms with van der Waals surface area (Å²) in [5, 5.41) is 4.13. The summed E-state index contributed by atoms with van der Waals surface area (Å²) in [5.74, 6) is 0. The normalized spacial score (nSPS) is 11.2. The molecular formula is C16H15Cl3F3N. The number of alkyl halides is 3. The SMILES string of the molecule is Cl.FC(F)(F)c1ccccc1CNCCc1ccc(Cl)cc1Cl. The van der Waals surface area contributed by atoms with Gasteiger partial charge in [0.15, 0.2) is 0 Å². The maximum atomic E-state index is 12.9. The summed E-state index contributed by atoms with van der Waals surface area (Å²) in [6.07, 6.45) is -3.72. The van der Waals surface area contributed by atoms with Crippen molar-refractivity contribution in [2.75, 3.05) is 6.54 Å². The summed E-state index contributed by atoms with van der Waals surface area (Å²) >= 11 is 11.9. The summed E-state index contributed by atoms with van der Waals surface area (Å²) in [7, 11) is 0. The highest BCUT2D eigenvalue weighted by Gasteiger charge is 2.32. The first kappa shape index (κ1) is 20.1. The van der Waals surface area contributed by atoms with Crippen LogP contribution in [0.3, 0.4) is 0 Å². The van der Waals surface area contributed by atoms with Crippen LogP contribution in [0.1, 0.15) is 16.7 Å². The maximum absolute atomic E-state index is 12.9. The van der Waals surface area contributed by atoms with E-state index in [-0.39, 0.29) is 24.5 Å². The highest BCUT2D eigenvalue weighted by Crippen LogP contribution is 2.31. The number of hydrogen-bond acceptors (Lipinski definition) is 1. The first-order valence-electron chi connectivity index (χ1n) is 6.67. The Labute approximate surface area is 149 Å². The van der Waals surface area contributed by atoms with Gasteiger partial charge in [0.05, 0.1) is 5.56 Å². The molecule has 2 aromatic rings. The molecule has 0 aliphatic carbocycles. The number of hydrogen-bond donors (Lipinski definition) is 1. The van der Waals surface area contributed by atoms with Crippen molar-refractivity contribution in [2.45, 2.75) is 19.1 Å². The third-order valence-electron chi connectivity index (χ3n) is 3.22. The molecule has 2 rings (SSSR count). The lowest BCUT2D eigenvalue weighted by atomic mass is 10.1. The predicted molar refractivity (Wildman–Crippen MR) is 90.6 cm³/mol. The third kappa shape index (κ3) is 5.88. The van der Waals surface area contributed by atoms with Crippen LogP contribution in [-0.4, -0.2) is 6.54 Å². The lowest BCUT2D eigenvalue weighted by Gasteiger charge is -2.13. The van der Waals surface area contributed by atoms with Crippen LogP contribution >= 0.6 is 35.6 Å². The molecule has 0 amide bonds. The molecular weight excluding hydrogens is 370 g/mol. The summed E-state index contributed by atoms with van der Waals surface area (Å²) in [5.41, 5.74) is 0.534. The van der Waals surface area contributed by atoms with Crippen LogP contribution in [0.4, 0.5) is 13.2 Å². The molecule has 0 saturated heterocycles. The van der Waals surface area contributed by atoms with Crippen molar-refractivity contribution in [1.29, 1.82) is 0 Å². The van der Waals surface area contributed by atoms with Gasteiger partial charge in [-0.1, -0.05) is 47.5 Å². The van der Waals surface area contributed by atoms with Crippen LogP contribution in [0.2, 0.25) is 10.0 Å². The molecule has 0 spiro atoms. The van der Waals surface area contributed by atoms with E-state index in [0.29, 0.717) is 23.0 Å². The Morgan fingerprint density at radius 2 is 1.65 bits per heavy atom. The Bertz CT molecular complexity index is 645. The molecule has 2 aromatic carbocycles. The molecule has 0 atom stereocenters. The van der Waals surface area contributed by atoms with Gasteiger partial charge in [-0.15, -0.1) is 12.4 Å². The van der Waals surface area contributed by atoms with E-state index in [4.69, 9.17) is 23.2 Å². The van der Waals surface area contributed by atoms with Gasteiger partial charge in [0.25, 0.3) is 0 Å². The third-order valence-corrected chi connectivity index (χ3v) is 3.81. The number of nitrogens with one attached hydrogen (secondary N) is 1. The zero-order chi connectivity index (χ0) is 16.2. The summed E-state index contributed by atoms with van der Waals surface area (Å²) in [6.45, 7) is 0.675. The topological polar surface area (TPSA) is 12.0 Å². The van der Waals surface area contributed by atoms with E-state index < -0.39 is 11.7 Å². The molecule has 0 saturated carbocycles. The molecule has 0 fully saturated rings. The van der Waals surface area contributed by atoms with Gasteiger partial charge in [0, 0.05) is 16.6 Å². The average molecular weight is 385 g/mol. The minimum atomic E-state index is -4.34. The standard InChI is InChI=1S/C16H14Cl2F3N.ClH/c17-13-6-5-11(15(18)9-13)7-8-22-10-12-3-1-2-4-14(12)16(19,20)21;/h1-6,9,22H,7-8,10H2;1H. The number of halogens is 6. The van der Waals surface area contributed by atoms with Gasteiger partial charge < -0.3 is 5.32 Å². The van der Waals surface area contributed by atoms with Crippen LogP contribution < -0.4 is 5.32 Å². The lowest BCUT2D eigenvalue weighted by molar-refractivity contribution is -0.138. The van der Waals surface area contributed by atoms with E-state index in [9.17, 15) is 13.2 Å². The molecule has 0 radical (unpaired) electrons. The molecule has 7 heteroatoms. The Hall–Kier alpha value is -0.940. The van der Waals surface area contributed by atoms with Gasteiger partial charge in [-0.25, -0.2) is 0 Å².